The summed E-state index contributed by atoms with van der Waals surface area (Å²) in [5.41, 5.74) is 2.54. The van der Waals surface area contributed by atoms with Crippen LogP contribution in [0, 0.1) is 11.3 Å². The number of rotatable bonds is 4. The minimum absolute atomic E-state index is 0.453. The summed E-state index contributed by atoms with van der Waals surface area (Å²) >= 11 is 0. The lowest BCUT2D eigenvalue weighted by Crippen LogP contribution is -1.96. The van der Waals surface area contributed by atoms with Gasteiger partial charge in [0, 0.05) is 0 Å². The summed E-state index contributed by atoms with van der Waals surface area (Å²) in [6.07, 6.45) is 1.56. The van der Waals surface area contributed by atoms with Crippen LogP contribution in [0.15, 0.2) is 53.6 Å². The number of nitrogens with zero attached hydrogens (tertiary/aromatic N) is 2. The largest absolute Gasteiger partial charge is 0.489 e. The highest BCUT2D eigenvalue weighted by Gasteiger charge is 1.98. The summed E-state index contributed by atoms with van der Waals surface area (Å²) in [6, 6.07) is 16.9. The first-order chi connectivity index (χ1) is 9.31. The van der Waals surface area contributed by atoms with E-state index in [-0.39, 0.29) is 0 Å². The smallest absolute Gasteiger partial charge is 0.120 e. The van der Waals surface area contributed by atoms with Crippen LogP contribution in [0.2, 0.25) is 0 Å². The Balaban J connectivity index is 2.01. The fourth-order valence-electron chi connectivity index (χ4n) is 1.61. The highest BCUT2D eigenvalue weighted by atomic mass is 16.5. The van der Waals surface area contributed by atoms with Crippen LogP contribution >= 0.6 is 0 Å². The third-order valence-electron chi connectivity index (χ3n) is 2.57. The van der Waals surface area contributed by atoms with Crippen molar-refractivity contribution < 1.29 is 4.74 Å². The van der Waals surface area contributed by atoms with E-state index in [9.17, 15) is 0 Å². The summed E-state index contributed by atoms with van der Waals surface area (Å²) in [6.45, 7) is 0.453. The Morgan fingerprint density at radius 3 is 2.68 bits per heavy atom. The molecule has 2 rings (SSSR count). The number of nitrogens with two attached hydrogens (primary N) is 1. The van der Waals surface area contributed by atoms with Gasteiger partial charge in [-0.2, -0.15) is 10.4 Å². The van der Waals surface area contributed by atoms with Gasteiger partial charge < -0.3 is 10.6 Å². The zero-order chi connectivity index (χ0) is 13.5. The van der Waals surface area contributed by atoms with Gasteiger partial charge in [0.2, 0.25) is 0 Å². The van der Waals surface area contributed by atoms with Crippen molar-refractivity contribution in [1.29, 1.82) is 5.26 Å². The number of benzene rings is 2. The third kappa shape index (κ3) is 3.58. The number of nitriles is 1. The molecule has 94 valence electrons. The van der Waals surface area contributed by atoms with Crippen molar-refractivity contribution in [2.24, 2.45) is 10.9 Å². The molecule has 0 aliphatic heterocycles. The lowest BCUT2D eigenvalue weighted by atomic mass is 10.1. The van der Waals surface area contributed by atoms with Gasteiger partial charge in [-0.05, 0) is 35.4 Å². The van der Waals surface area contributed by atoms with E-state index in [1.54, 1.807) is 18.3 Å². The second kappa shape index (κ2) is 6.22. The van der Waals surface area contributed by atoms with E-state index in [2.05, 4.69) is 11.2 Å². The van der Waals surface area contributed by atoms with Crippen LogP contribution in [0.25, 0.3) is 0 Å². The predicted molar refractivity (Wildman–Crippen MR) is 73.7 cm³/mol. The Labute approximate surface area is 111 Å². The van der Waals surface area contributed by atoms with Crippen LogP contribution in [-0.2, 0) is 6.61 Å². The first-order valence-electron chi connectivity index (χ1n) is 5.77. The minimum atomic E-state index is 0.453. The monoisotopic (exact) mass is 251 g/mol. The van der Waals surface area contributed by atoms with E-state index in [0.29, 0.717) is 12.2 Å². The van der Waals surface area contributed by atoms with Gasteiger partial charge in [0.25, 0.3) is 0 Å². The predicted octanol–water partition coefficient (Wildman–Crippen LogP) is 2.43. The van der Waals surface area contributed by atoms with Gasteiger partial charge in [-0.3, -0.25) is 0 Å². The summed E-state index contributed by atoms with van der Waals surface area (Å²) in [5.74, 6) is 5.86. The van der Waals surface area contributed by atoms with Crippen molar-refractivity contribution in [3.8, 4) is 11.8 Å². The van der Waals surface area contributed by atoms with E-state index in [1.807, 2.05) is 36.4 Å². The highest BCUT2D eigenvalue weighted by Crippen LogP contribution is 2.14. The van der Waals surface area contributed by atoms with Crippen molar-refractivity contribution in [2.45, 2.75) is 6.61 Å². The minimum Gasteiger partial charge on any atom is -0.489 e. The molecule has 0 saturated carbocycles. The van der Waals surface area contributed by atoms with E-state index >= 15 is 0 Å². The topological polar surface area (TPSA) is 71.4 Å². The fraction of sp³-hybridized carbons (Fsp3) is 0.0667. The van der Waals surface area contributed by atoms with Crippen LogP contribution in [-0.4, -0.2) is 6.21 Å². The molecule has 0 unspecified atom stereocenters. The molecule has 0 spiro atoms. The third-order valence-corrected chi connectivity index (χ3v) is 2.57. The van der Waals surface area contributed by atoms with Crippen molar-refractivity contribution in [3.05, 3.63) is 65.2 Å². The van der Waals surface area contributed by atoms with Crippen LogP contribution in [0.4, 0.5) is 0 Å². The SMILES string of the molecule is N#Cc1ccc(COc2cccc(C=NN)c2)cc1. The van der Waals surface area contributed by atoms with Crippen LogP contribution < -0.4 is 10.6 Å². The van der Waals surface area contributed by atoms with E-state index in [4.69, 9.17) is 15.8 Å². The lowest BCUT2D eigenvalue weighted by molar-refractivity contribution is 0.306. The zero-order valence-corrected chi connectivity index (χ0v) is 10.3. The van der Waals surface area contributed by atoms with Crippen molar-refractivity contribution in [3.63, 3.8) is 0 Å². The van der Waals surface area contributed by atoms with Gasteiger partial charge in [-0.1, -0.05) is 24.3 Å². The standard InChI is InChI=1S/C15H13N3O/c16-9-12-4-6-13(7-5-12)11-19-15-3-1-2-14(8-15)10-18-17/h1-8,10H,11,17H2. The van der Waals surface area contributed by atoms with Crippen LogP contribution in [0.5, 0.6) is 5.75 Å². The average Bonchev–Trinajstić information content (AvgIpc) is 2.46. The number of hydrogen-bond donors (Lipinski definition) is 1. The molecule has 0 bridgehead atoms. The normalized spacial score (nSPS) is 10.3. The van der Waals surface area contributed by atoms with Crippen LogP contribution in [0.1, 0.15) is 16.7 Å². The molecule has 0 saturated heterocycles. The Hall–Kier alpha value is -2.80. The molecule has 4 nitrogen and oxygen atoms in total. The first kappa shape index (κ1) is 12.7. The first-order valence-corrected chi connectivity index (χ1v) is 5.77. The molecule has 2 N–H and O–H groups in total. The molecule has 0 aromatic heterocycles. The zero-order valence-electron chi connectivity index (χ0n) is 10.3. The molecule has 0 amide bonds. The summed E-state index contributed by atoms with van der Waals surface area (Å²) in [5, 5.41) is 12.2. The molecular weight excluding hydrogens is 238 g/mol. The van der Waals surface area contributed by atoms with Gasteiger partial charge in [-0.25, -0.2) is 0 Å². The Morgan fingerprint density at radius 2 is 2.00 bits per heavy atom. The Morgan fingerprint density at radius 1 is 1.21 bits per heavy atom. The molecule has 0 aliphatic rings. The number of hydrazone groups is 1. The maximum atomic E-state index is 8.71. The fourth-order valence-corrected chi connectivity index (χ4v) is 1.61. The Kier molecular flexibility index (Phi) is 4.14. The van der Waals surface area contributed by atoms with E-state index < -0.39 is 0 Å². The van der Waals surface area contributed by atoms with Crippen molar-refractivity contribution in [1.82, 2.24) is 0 Å². The molecule has 0 heterocycles. The quantitative estimate of drug-likeness (QED) is 0.515. The maximum Gasteiger partial charge on any atom is 0.120 e. The van der Waals surface area contributed by atoms with Gasteiger partial charge in [0.1, 0.15) is 12.4 Å². The summed E-state index contributed by atoms with van der Waals surface area (Å²) < 4.78 is 5.67. The molecule has 0 radical (unpaired) electrons. The summed E-state index contributed by atoms with van der Waals surface area (Å²) in [4.78, 5) is 0. The van der Waals surface area contributed by atoms with Gasteiger partial charge in [-0.15, -0.1) is 0 Å². The Bertz CT molecular complexity index is 612. The number of hydrogen-bond acceptors (Lipinski definition) is 4. The molecule has 0 atom stereocenters. The molecule has 0 aliphatic carbocycles. The second-order valence-electron chi connectivity index (χ2n) is 3.95. The summed E-state index contributed by atoms with van der Waals surface area (Å²) in [7, 11) is 0. The average molecular weight is 251 g/mol. The molecule has 2 aromatic carbocycles. The molecule has 4 heteroatoms. The molecule has 0 fully saturated rings. The lowest BCUT2D eigenvalue weighted by Gasteiger charge is -2.06. The molecule has 19 heavy (non-hydrogen) atoms. The van der Waals surface area contributed by atoms with Crippen LogP contribution in [0.3, 0.4) is 0 Å². The highest BCUT2D eigenvalue weighted by molar-refractivity contribution is 5.79. The van der Waals surface area contributed by atoms with E-state index in [0.717, 1.165) is 16.9 Å². The van der Waals surface area contributed by atoms with Gasteiger partial charge in [0.15, 0.2) is 0 Å². The van der Waals surface area contributed by atoms with Crippen molar-refractivity contribution in [2.75, 3.05) is 0 Å². The van der Waals surface area contributed by atoms with Gasteiger partial charge in [0.05, 0.1) is 17.8 Å². The van der Waals surface area contributed by atoms with Gasteiger partial charge >= 0.3 is 0 Å². The maximum absolute atomic E-state index is 8.71. The molecule has 2 aromatic rings. The number of ether oxygens (including phenoxy) is 1. The van der Waals surface area contributed by atoms with E-state index in [1.165, 1.54) is 0 Å². The molecular formula is C15H13N3O. The van der Waals surface area contributed by atoms with Crippen molar-refractivity contribution >= 4 is 6.21 Å². The second-order valence-corrected chi connectivity index (χ2v) is 3.95.